The van der Waals surface area contributed by atoms with Crippen LogP contribution in [0.1, 0.15) is 23.0 Å². The zero-order valence-electron chi connectivity index (χ0n) is 10.7. The van der Waals surface area contributed by atoms with Gasteiger partial charge in [-0.15, -0.1) is 0 Å². The Labute approximate surface area is 115 Å². The summed E-state index contributed by atoms with van der Waals surface area (Å²) in [5.74, 6) is 0.0449. The van der Waals surface area contributed by atoms with Crippen LogP contribution in [0.15, 0.2) is 24.3 Å². The van der Waals surface area contributed by atoms with Gasteiger partial charge in [-0.1, -0.05) is 11.6 Å². The van der Waals surface area contributed by atoms with Gasteiger partial charge in [0.25, 0.3) is 0 Å². The fraction of sp³-hybridized carbons (Fsp3) is 0.231. The number of aryl methyl sites for hydroxylation is 1. The number of H-pyrrole nitrogens is 1. The lowest BCUT2D eigenvalue weighted by Gasteiger charge is -2.06. The lowest BCUT2D eigenvalue weighted by Crippen LogP contribution is -2.08. The fourth-order valence-electron chi connectivity index (χ4n) is 1.64. The molecule has 0 aliphatic heterocycles. The third kappa shape index (κ3) is 3.06. The molecule has 1 heterocycles. The van der Waals surface area contributed by atoms with Crippen molar-refractivity contribution in [1.29, 1.82) is 0 Å². The fourth-order valence-corrected chi connectivity index (χ4v) is 1.77. The normalized spacial score (nSPS) is 10.3. The molecule has 6 heteroatoms. The van der Waals surface area contributed by atoms with Gasteiger partial charge in [0.1, 0.15) is 5.56 Å². The Morgan fingerprint density at radius 2 is 2.11 bits per heavy atom. The molecule has 0 aliphatic carbocycles. The van der Waals surface area contributed by atoms with Gasteiger partial charge in [0.05, 0.1) is 6.61 Å². The topological polar surface area (TPSA) is 67.0 Å². The minimum Gasteiger partial charge on any atom is -0.462 e. The first kappa shape index (κ1) is 13.4. The van der Waals surface area contributed by atoms with Crippen molar-refractivity contribution >= 4 is 29.1 Å². The van der Waals surface area contributed by atoms with Crippen molar-refractivity contribution in [3.63, 3.8) is 0 Å². The van der Waals surface area contributed by atoms with Gasteiger partial charge in [0.2, 0.25) is 0 Å². The first-order valence-electron chi connectivity index (χ1n) is 5.86. The number of ether oxygens (including phenoxy) is 1. The number of aromatic nitrogens is 2. The van der Waals surface area contributed by atoms with Crippen LogP contribution in [0.3, 0.4) is 0 Å². The van der Waals surface area contributed by atoms with Crippen molar-refractivity contribution in [1.82, 2.24) is 10.2 Å². The van der Waals surface area contributed by atoms with E-state index < -0.39 is 5.97 Å². The van der Waals surface area contributed by atoms with Crippen molar-refractivity contribution in [3.05, 3.63) is 40.5 Å². The van der Waals surface area contributed by atoms with E-state index in [9.17, 15) is 4.79 Å². The minimum atomic E-state index is -0.398. The number of aromatic amines is 1. The van der Waals surface area contributed by atoms with E-state index in [0.29, 0.717) is 28.7 Å². The number of nitrogens with one attached hydrogen (secondary N) is 2. The molecule has 0 spiro atoms. The Hall–Kier alpha value is -2.01. The van der Waals surface area contributed by atoms with E-state index in [1.807, 2.05) is 0 Å². The molecule has 0 unspecified atom stereocenters. The molecule has 0 saturated carbocycles. The predicted molar refractivity (Wildman–Crippen MR) is 74.0 cm³/mol. The summed E-state index contributed by atoms with van der Waals surface area (Å²) in [7, 11) is 0. The molecule has 19 heavy (non-hydrogen) atoms. The van der Waals surface area contributed by atoms with E-state index in [1.165, 1.54) is 0 Å². The van der Waals surface area contributed by atoms with Crippen LogP contribution >= 0.6 is 11.6 Å². The number of carbonyl (C=O) groups is 1. The van der Waals surface area contributed by atoms with Gasteiger partial charge in [-0.2, -0.15) is 5.10 Å². The van der Waals surface area contributed by atoms with Gasteiger partial charge in [-0.05, 0) is 38.1 Å². The van der Waals surface area contributed by atoms with Crippen LogP contribution in [0.4, 0.5) is 11.5 Å². The number of hydrogen-bond acceptors (Lipinski definition) is 4. The van der Waals surface area contributed by atoms with Gasteiger partial charge in [0, 0.05) is 16.4 Å². The molecule has 0 amide bonds. The van der Waals surface area contributed by atoms with Gasteiger partial charge in [-0.25, -0.2) is 4.79 Å². The van der Waals surface area contributed by atoms with Gasteiger partial charge in [-0.3, -0.25) is 5.10 Å². The molecule has 100 valence electrons. The molecule has 5 nitrogen and oxygen atoms in total. The summed E-state index contributed by atoms with van der Waals surface area (Å²) in [5, 5.41) is 10.5. The highest BCUT2D eigenvalue weighted by atomic mass is 35.5. The Morgan fingerprint density at radius 1 is 1.42 bits per heavy atom. The molecule has 1 aromatic heterocycles. The van der Waals surface area contributed by atoms with Crippen LogP contribution < -0.4 is 5.32 Å². The van der Waals surface area contributed by atoms with E-state index in [1.54, 1.807) is 38.1 Å². The average molecular weight is 280 g/mol. The zero-order valence-corrected chi connectivity index (χ0v) is 11.4. The maximum absolute atomic E-state index is 11.8. The lowest BCUT2D eigenvalue weighted by molar-refractivity contribution is 0.0527. The van der Waals surface area contributed by atoms with Crippen molar-refractivity contribution in [2.75, 3.05) is 11.9 Å². The SMILES string of the molecule is CCOC(=O)c1c(Nc2ccc(Cl)cc2)n[nH]c1C. The number of anilines is 2. The molecule has 0 aliphatic rings. The molecule has 2 rings (SSSR count). The summed E-state index contributed by atoms with van der Waals surface area (Å²) in [5.41, 5.74) is 1.87. The highest BCUT2D eigenvalue weighted by Crippen LogP contribution is 2.23. The molecule has 0 atom stereocenters. The van der Waals surface area contributed by atoms with Gasteiger partial charge in [0.15, 0.2) is 5.82 Å². The number of carbonyl (C=O) groups excluding carboxylic acids is 1. The molecule has 0 fully saturated rings. The number of nitrogens with zero attached hydrogens (tertiary/aromatic N) is 1. The second-order valence-corrected chi connectivity index (χ2v) is 4.36. The monoisotopic (exact) mass is 279 g/mol. The summed E-state index contributed by atoms with van der Waals surface area (Å²) in [6.07, 6.45) is 0. The van der Waals surface area contributed by atoms with Crippen LogP contribution in [-0.2, 0) is 4.74 Å². The summed E-state index contributed by atoms with van der Waals surface area (Å²) in [6.45, 7) is 3.86. The number of benzene rings is 1. The van der Waals surface area contributed by atoms with Crippen molar-refractivity contribution in [2.45, 2.75) is 13.8 Å². The Balaban J connectivity index is 2.25. The van der Waals surface area contributed by atoms with Crippen LogP contribution in [0.2, 0.25) is 5.02 Å². The Kier molecular flexibility index (Phi) is 4.06. The largest absolute Gasteiger partial charge is 0.462 e. The van der Waals surface area contributed by atoms with Crippen molar-refractivity contribution in [3.8, 4) is 0 Å². The molecular weight excluding hydrogens is 266 g/mol. The maximum Gasteiger partial charge on any atom is 0.343 e. The van der Waals surface area contributed by atoms with E-state index in [2.05, 4.69) is 15.5 Å². The van der Waals surface area contributed by atoms with Crippen molar-refractivity contribution in [2.24, 2.45) is 0 Å². The zero-order chi connectivity index (χ0) is 13.8. The molecule has 1 aromatic carbocycles. The predicted octanol–water partition coefficient (Wildman–Crippen LogP) is 3.29. The second-order valence-electron chi connectivity index (χ2n) is 3.92. The van der Waals surface area contributed by atoms with E-state index >= 15 is 0 Å². The summed E-state index contributed by atoms with van der Waals surface area (Å²) < 4.78 is 5.00. The quantitative estimate of drug-likeness (QED) is 0.843. The van der Waals surface area contributed by atoms with E-state index in [-0.39, 0.29) is 0 Å². The standard InChI is InChI=1S/C13H14ClN3O2/c1-3-19-13(18)11-8(2)16-17-12(11)15-10-6-4-9(14)5-7-10/h4-7H,3H2,1-2H3,(H2,15,16,17). The molecule has 2 aromatic rings. The minimum absolute atomic E-state index is 0.323. The highest BCUT2D eigenvalue weighted by molar-refractivity contribution is 6.30. The summed E-state index contributed by atoms with van der Waals surface area (Å²) >= 11 is 5.82. The maximum atomic E-state index is 11.8. The van der Waals surface area contributed by atoms with Crippen LogP contribution in [0, 0.1) is 6.92 Å². The molecule has 0 radical (unpaired) electrons. The van der Waals surface area contributed by atoms with E-state index in [0.717, 1.165) is 5.69 Å². The van der Waals surface area contributed by atoms with E-state index in [4.69, 9.17) is 16.3 Å². The van der Waals surface area contributed by atoms with Crippen molar-refractivity contribution < 1.29 is 9.53 Å². The second kappa shape index (κ2) is 5.75. The number of esters is 1. The molecule has 0 bridgehead atoms. The number of hydrogen-bond donors (Lipinski definition) is 2. The average Bonchev–Trinajstić information content (AvgIpc) is 2.74. The third-order valence-electron chi connectivity index (χ3n) is 2.53. The number of halogens is 1. The van der Waals surface area contributed by atoms with Gasteiger partial charge >= 0.3 is 5.97 Å². The molecular formula is C13H14ClN3O2. The third-order valence-corrected chi connectivity index (χ3v) is 2.79. The van der Waals surface area contributed by atoms with Gasteiger partial charge < -0.3 is 10.1 Å². The Bertz CT molecular complexity index is 578. The smallest absolute Gasteiger partial charge is 0.343 e. The van der Waals surface area contributed by atoms with Crippen LogP contribution in [0.5, 0.6) is 0 Å². The van der Waals surface area contributed by atoms with Crippen LogP contribution in [-0.4, -0.2) is 22.8 Å². The Morgan fingerprint density at radius 3 is 2.74 bits per heavy atom. The van der Waals surface area contributed by atoms with Crippen LogP contribution in [0.25, 0.3) is 0 Å². The summed E-state index contributed by atoms with van der Waals surface area (Å²) in [4.78, 5) is 11.8. The first-order valence-corrected chi connectivity index (χ1v) is 6.24. The molecule has 2 N–H and O–H groups in total. The summed E-state index contributed by atoms with van der Waals surface area (Å²) in [6, 6.07) is 7.13. The molecule has 0 saturated heterocycles. The lowest BCUT2D eigenvalue weighted by atomic mass is 10.2. The first-order chi connectivity index (χ1) is 9.11. The highest BCUT2D eigenvalue weighted by Gasteiger charge is 2.19. The number of rotatable bonds is 4.